The van der Waals surface area contributed by atoms with Gasteiger partial charge in [0.1, 0.15) is 5.75 Å². The Morgan fingerprint density at radius 1 is 1.31 bits per heavy atom. The van der Waals surface area contributed by atoms with E-state index in [2.05, 4.69) is 22.0 Å². The molecule has 0 aliphatic carbocycles. The molecular weight excluding hydrogens is 332 g/mol. The fraction of sp³-hybridized carbons (Fsp3) is 0.211. The lowest BCUT2D eigenvalue weighted by atomic mass is 10.1. The fourth-order valence-electron chi connectivity index (χ4n) is 2.61. The van der Waals surface area contributed by atoms with Gasteiger partial charge in [-0.1, -0.05) is 18.2 Å². The molecule has 3 rings (SSSR count). The van der Waals surface area contributed by atoms with Crippen LogP contribution in [0.25, 0.3) is 0 Å². The van der Waals surface area contributed by atoms with Crippen LogP contribution in [0.4, 0.5) is 16.2 Å². The summed E-state index contributed by atoms with van der Waals surface area (Å²) in [6, 6.07) is 14.0. The maximum absolute atomic E-state index is 12.2. The molecule has 1 aliphatic rings. The monoisotopic (exact) mass is 350 g/mol. The largest absolute Gasteiger partial charge is 0.482 e. The van der Waals surface area contributed by atoms with Crippen molar-refractivity contribution in [3.8, 4) is 11.8 Å². The maximum atomic E-state index is 12.2. The van der Waals surface area contributed by atoms with Crippen molar-refractivity contribution in [2.75, 3.05) is 17.2 Å². The summed E-state index contributed by atoms with van der Waals surface area (Å²) in [7, 11) is 0. The van der Waals surface area contributed by atoms with E-state index in [4.69, 9.17) is 10.00 Å². The Hall–Kier alpha value is -3.53. The highest BCUT2D eigenvalue weighted by molar-refractivity contribution is 5.95. The molecule has 2 aromatic rings. The molecule has 7 heteroatoms. The molecule has 132 valence electrons. The molecule has 26 heavy (non-hydrogen) atoms. The molecule has 0 aromatic heterocycles. The molecule has 2 aromatic carbocycles. The molecule has 0 spiro atoms. The first-order chi connectivity index (χ1) is 12.5. The van der Waals surface area contributed by atoms with Crippen LogP contribution in [-0.4, -0.2) is 18.5 Å². The Morgan fingerprint density at radius 3 is 2.81 bits per heavy atom. The second-order valence-corrected chi connectivity index (χ2v) is 5.94. The topological polar surface area (TPSA) is 103 Å². The molecule has 0 fully saturated rings. The lowest BCUT2D eigenvalue weighted by molar-refractivity contribution is -0.118. The summed E-state index contributed by atoms with van der Waals surface area (Å²) in [5, 5.41) is 17.0. The van der Waals surface area contributed by atoms with Gasteiger partial charge in [0, 0.05) is 5.69 Å². The van der Waals surface area contributed by atoms with Crippen LogP contribution < -0.4 is 20.7 Å². The van der Waals surface area contributed by atoms with Crippen LogP contribution in [0.15, 0.2) is 42.5 Å². The maximum Gasteiger partial charge on any atom is 0.319 e. The molecule has 0 bridgehead atoms. The van der Waals surface area contributed by atoms with Gasteiger partial charge in [-0.25, -0.2) is 4.79 Å². The molecule has 1 atom stereocenters. The summed E-state index contributed by atoms with van der Waals surface area (Å²) in [5.74, 6) is 0.412. The van der Waals surface area contributed by atoms with E-state index in [1.54, 1.807) is 36.4 Å². The van der Waals surface area contributed by atoms with E-state index in [9.17, 15) is 9.59 Å². The first-order valence-electron chi connectivity index (χ1n) is 8.15. The third-order valence-electron chi connectivity index (χ3n) is 3.98. The van der Waals surface area contributed by atoms with E-state index < -0.39 is 0 Å². The number of carbonyl (C=O) groups is 2. The van der Waals surface area contributed by atoms with E-state index in [1.165, 1.54) is 0 Å². The molecule has 1 heterocycles. The number of benzene rings is 2. The number of anilines is 2. The Balaban J connectivity index is 1.61. The minimum Gasteiger partial charge on any atom is -0.482 e. The minimum absolute atomic E-state index is 0.00964. The van der Waals surface area contributed by atoms with Crippen LogP contribution in [-0.2, 0) is 11.2 Å². The van der Waals surface area contributed by atoms with Crippen LogP contribution in [0.2, 0.25) is 0 Å². The van der Waals surface area contributed by atoms with Gasteiger partial charge in [0.05, 0.1) is 24.2 Å². The van der Waals surface area contributed by atoms with Crippen LogP contribution >= 0.6 is 0 Å². The number of ether oxygens (including phenoxy) is 1. The van der Waals surface area contributed by atoms with Crippen molar-refractivity contribution < 1.29 is 14.3 Å². The molecule has 1 aliphatic heterocycles. The summed E-state index contributed by atoms with van der Waals surface area (Å²) >= 11 is 0. The zero-order chi connectivity index (χ0) is 18.5. The standard InChI is InChI=1S/C19H18N4O3/c1-12(14-4-7-17-16(10-14)23-18(24)11-26-17)21-19(25)22-15-5-2-13(3-6-15)8-9-20/h2-7,10,12H,8,11H2,1H3,(H,23,24)(H2,21,22,25). The van der Waals surface area contributed by atoms with E-state index in [0.717, 1.165) is 11.1 Å². The molecular formula is C19H18N4O3. The summed E-state index contributed by atoms with van der Waals surface area (Å²) in [4.78, 5) is 23.6. The van der Waals surface area contributed by atoms with Gasteiger partial charge in [0.25, 0.3) is 5.91 Å². The van der Waals surface area contributed by atoms with Crippen molar-refractivity contribution >= 4 is 23.3 Å². The van der Waals surface area contributed by atoms with E-state index in [-0.39, 0.29) is 24.6 Å². The van der Waals surface area contributed by atoms with Crippen LogP contribution in [0.5, 0.6) is 5.75 Å². The predicted molar refractivity (Wildman–Crippen MR) is 96.9 cm³/mol. The third-order valence-corrected chi connectivity index (χ3v) is 3.98. The fourth-order valence-corrected chi connectivity index (χ4v) is 2.61. The molecule has 0 saturated heterocycles. The van der Waals surface area contributed by atoms with E-state index in [1.807, 2.05) is 13.0 Å². The Kier molecular flexibility index (Phi) is 5.04. The smallest absolute Gasteiger partial charge is 0.319 e. The number of hydrogen-bond donors (Lipinski definition) is 3. The number of nitrogens with zero attached hydrogens (tertiary/aromatic N) is 1. The quantitative estimate of drug-likeness (QED) is 0.788. The molecule has 3 N–H and O–H groups in total. The van der Waals surface area contributed by atoms with Crippen molar-refractivity contribution in [2.24, 2.45) is 0 Å². The highest BCUT2D eigenvalue weighted by atomic mass is 16.5. The number of nitriles is 1. The number of hydrogen-bond acceptors (Lipinski definition) is 4. The van der Waals surface area contributed by atoms with E-state index >= 15 is 0 Å². The van der Waals surface area contributed by atoms with Crippen LogP contribution in [0.1, 0.15) is 24.1 Å². The van der Waals surface area contributed by atoms with Gasteiger partial charge in [-0.2, -0.15) is 5.26 Å². The zero-order valence-electron chi connectivity index (χ0n) is 14.2. The average Bonchev–Trinajstić information content (AvgIpc) is 2.62. The summed E-state index contributed by atoms with van der Waals surface area (Å²) in [6.45, 7) is 1.86. The minimum atomic E-state index is -0.344. The summed E-state index contributed by atoms with van der Waals surface area (Å²) < 4.78 is 5.33. The van der Waals surface area contributed by atoms with Gasteiger partial charge in [-0.3, -0.25) is 4.79 Å². The Morgan fingerprint density at radius 2 is 2.08 bits per heavy atom. The van der Waals surface area contributed by atoms with Crippen molar-refractivity contribution in [3.05, 3.63) is 53.6 Å². The molecule has 7 nitrogen and oxygen atoms in total. The second kappa shape index (κ2) is 7.57. The predicted octanol–water partition coefficient (Wildman–Crippen LogP) is 2.97. The van der Waals surface area contributed by atoms with Gasteiger partial charge in [-0.15, -0.1) is 0 Å². The number of carbonyl (C=O) groups excluding carboxylic acids is 2. The van der Waals surface area contributed by atoms with Crippen molar-refractivity contribution in [1.82, 2.24) is 5.32 Å². The van der Waals surface area contributed by atoms with E-state index in [0.29, 0.717) is 23.5 Å². The first-order valence-corrected chi connectivity index (χ1v) is 8.15. The molecule has 0 radical (unpaired) electrons. The van der Waals surface area contributed by atoms with Crippen molar-refractivity contribution in [1.29, 1.82) is 5.26 Å². The highest BCUT2D eigenvalue weighted by Gasteiger charge is 2.18. The number of fused-ring (bicyclic) bond motifs is 1. The highest BCUT2D eigenvalue weighted by Crippen LogP contribution is 2.30. The Labute approximate surface area is 151 Å². The van der Waals surface area contributed by atoms with Crippen LogP contribution in [0, 0.1) is 11.3 Å². The average molecular weight is 350 g/mol. The normalized spacial score (nSPS) is 13.5. The van der Waals surface area contributed by atoms with Crippen LogP contribution in [0.3, 0.4) is 0 Å². The first kappa shape index (κ1) is 17.3. The number of amides is 3. The molecule has 1 unspecified atom stereocenters. The number of rotatable bonds is 4. The molecule has 0 saturated carbocycles. The third kappa shape index (κ3) is 4.11. The number of nitrogens with one attached hydrogen (secondary N) is 3. The van der Waals surface area contributed by atoms with Gasteiger partial charge in [0.2, 0.25) is 0 Å². The zero-order valence-corrected chi connectivity index (χ0v) is 14.2. The second-order valence-electron chi connectivity index (χ2n) is 5.94. The number of urea groups is 1. The lowest BCUT2D eigenvalue weighted by Gasteiger charge is -2.21. The van der Waals surface area contributed by atoms with Crippen molar-refractivity contribution in [2.45, 2.75) is 19.4 Å². The summed E-state index contributed by atoms with van der Waals surface area (Å²) in [5.41, 5.74) is 2.97. The van der Waals surface area contributed by atoms with Gasteiger partial charge in [-0.05, 0) is 42.3 Å². The van der Waals surface area contributed by atoms with Gasteiger partial charge in [0.15, 0.2) is 6.61 Å². The lowest BCUT2D eigenvalue weighted by Crippen LogP contribution is -2.31. The summed E-state index contributed by atoms with van der Waals surface area (Å²) in [6.07, 6.45) is 0.335. The Bertz CT molecular complexity index is 871. The molecule has 3 amide bonds. The van der Waals surface area contributed by atoms with Crippen molar-refractivity contribution in [3.63, 3.8) is 0 Å². The van der Waals surface area contributed by atoms with Gasteiger partial charge < -0.3 is 20.7 Å². The SMILES string of the molecule is CC(NC(=O)Nc1ccc(CC#N)cc1)c1ccc2c(c1)NC(=O)CO2. The van der Waals surface area contributed by atoms with Gasteiger partial charge >= 0.3 is 6.03 Å².